The quantitative estimate of drug-likeness (QED) is 0.784. The molecule has 1 fully saturated rings. The van der Waals surface area contributed by atoms with Gasteiger partial charge in [0.25, 0.3) is 11.5 Å². The molecule has 1 aliphatic heterocycles. The second kappa shape index (κ2) is 6.95. The fourth-order valence-electron chi connectivity index (χ4n) is 3.35. The van der Waals surface area contributed by atoms with Gasteiger partial charge in [-0.2, -0.15) is 14.9 Å². The first kappa shape index (κ1) is 16.3. The van der Waals surface area contributed by atoms with Crippen molar-refractivity contribution in [1.29, 1.82) is 0 Å². The van der Waals surface area contributed by atoms with E-state index >= 15 is 0 Å². The van der Waals surface area contributed by atoms with Crippen LogP contribution in [0.2, 0.25) is 0 Å². The van der Waals surface area contributed by atoms with Gasteiger partial charge in [0, 0.05) is 37.0 Å². The molecular formula is C19H19N5O2. The van der Waals surface area contributed by atoms with Crippen molar-refractivity contribution < 1.29 is 4.79 Å². The van der Waals surface area contributed by atoms with Crippen molar-refractivity contribution in [3.05, 3.63) is 76.5 Å². The number of carbonyl (C=O) groups is 1. The number of H-pyrrole nitrogens is 1. The maximum absolute atomic E-state index is 12.9. The highest BCUT2D eigenvalue weighted by Crippen LogP contribution is 2.25. The Balaban J connectivity index is 1.59. The van der Waals surface area contributed by atoms with Gasteiger partial charge in [0.05, 0.1) is 5.69 Å². The van der Waals surface area contributed by atoms with E-state index in [-0.39, 0.29) is 23.1 Å². The molecule has 1 amide bonds. The lowest BCUT2D eigenvalue weighted by Gasteiger charge is -2.32. The number of nitrogens with one attached hydrogen (secondary N) is 1. The molecule has 0 spiro atoms. The molecule has 1 aliphatic rings. The number of piperidine rings is 1. The van der Waals surface area contributed by atoms with Crippen molar-refractivity contribution >= 4 is 5.91 Å². The van der Waals surface area contributed by atoms with Gasteiger partial charge in [-0.1, -0.05) is 18.2 Å². The predicted octanol–water partition coefficient (Wildman–Crippen LogP) is 1.98. The Hall–Kier alpha value is -3.22. The third kappa shape index (κ3) is 3.15. The van der Waals surface area contributed by atoms with Gasteiger partial charge in [0.1, 0.15) is 5.69 Å². The molecule has 26 heavy (non-hydrogen) atoms. The zero-order valence-electron chi connectivity index (χ0n) is 14.2. The van der Waals surface area contributed by atoms with E-state index in [2.05, 4.69) is 15.3 Å². The molecule has 1 aromatic carbocycles. The van der Waals surface area contributed by atoms with Gasteiger partial charge in [-0.05, 0) is 37.1 Å². The van der Waals surface area contributed by atoms with Crippen molar-refractivity contribution in [3.63, 3.8) is 0 Å². The lowest BCUT2D eigenvalue weighted by atomic mass is 9.95. The van der Waals surface area contributed by atoms with Crippen LogP contribution in [0.15, 0.2) is 59.5 Å². The van der Waals surface area contributed by atoms with Crippen molar-refractivity contribution in [2.75, 3.05) is 13.1 Å². The monoisotopic (exact) mass is 349 g/mol. The number of carbonyl (C=O) groups excluding carboxylic acids is 1. The third-order valence-electron chi connectivity index (χ3n) is 4.69. The summed E-state index contributed by atoms with van der Waals surface area (Å²) in [6.45, 7) is 1.31. The number of amides is 1. The first-order valence-electron chi connectivity index (χ1n) is 8.67. The molecule has 0 radical (unpaired) electrons. The number of hydrogen-bond acceptors (Lipinski definition) is 4. The van der Waals surface area contributed by atoms with Crippen LogP contribution in [0.1, 0.15) is 34.9 Å². The molecule has 1 saturated heterocycles. The van der Waals surface area contributed by atoms with E-state index < -0.39 is 0 Å². The molecule has 3 heterocycles. The van der Waals surface area contributed by atoms with Crippen LogP contribution in [0.25, 0.3) is 5.69 Å². The molecule has 2 aromatic heterocycles. The van der Waals surface area contributed by atoms with Crippen molar-refractivity contribution in [2.24, 2.45) is 0 Å². The average Bonchev–Trinajstić information content (AvgIpc) is 3.23. The maximum atomic E-state index is 12.9. The number of aromatic nitrogens is 4. The maximum Gasteiger partial charge on any atom is 0.274 e. The molecule has 7 nitrogen and oxygen atoms in total. The third-order valence-corrected chi connectivity index (χ3v) is 4.69. The molecule has 132 valence electrons. The average molecular weight is 349 g/mol. The first-order chi connectivity index (χ1) is 12.7. The summed E-state index contributed by atoms with van der Waals surface area (Å²) < 4.78 is 1.27. The Morgan fingerprint density at radius 2 is 1.96 bits per heavy atom. The number of aromatic amines is 1. The standard InChI is InChI=1S/C19H19N5O2/c25-18-9-8-17(22-24(18)15-6-2-1-3-7-15)19(26)23-12-4-5-14(13-23)16-10-11-20-21-16/h1-3,6-11,14H,4-5,12-13H2,(H,20,21)/t14-/m1/s1. The lowest BCUT2D eigenvalue weighted by Crippen LogP contribution is -2.40. The summed E-state index contributed by atoms with van der Waals surface area (Å²) in [5.74, 6) is 0.0918. The summed E-state index contributed by atoms with van der Waals surface area (Å²) in [5.41, 5.74) is 1.70. The normalized spacial score (nSPS) is 17.2. The number of likely N-dealkylation sites (tertiary alicyclic amines) is 1. The minimum absolute atomic E-state index is 0.154. The number of rotatable bonds is 3. The minimum Gasteiger partial charge on any atom is -0.337 e. The Morgan fingerprint density at radius 1 is 1.12 bits per heavy atom. The van der Waals surface area contributed by atoms with E-state index in [4.69, 9.17) is 0 Å². The summed E-state index contributed by atoms with van der Waals surface area (Å²) in [4.78, 5) is 26.9. The number of nitrogens with zero attached hydrogens (tertiary/aromatic N) is 4. The van der Waals surface area contributed by atoms with Crippen LogP contribution < -0.4 is 5.56 Å². The fraction of sp³-hybridized carbons (Fsp3) is 0.263. The van der Waals surface area contributed by atoms with Crippen molar-refractivity contribution in [2.45, 2.75) is 18.8 Å². The largest absolute Gasteiger partial charge is 0.337 e. The van der Waals surface area contributed by atoms with Crippen LogP contribution in [0.5, 0.6) is 0 Å². The van der Waals surface area contributed by atoms with Crippen LogP contribution in [0, 0.1) is 0 Å². The molecule has 0 saturated carbocycles. The zero-order valence-corrected chi connectivity index (χ0v) is 14.2. The lowest BCUT2D eigenvalue weighted by molar-refractivity contribution is 0.0698. The second-order valence-electron chi connectivity index (χ2n) is 6.41. The van der Waals surface area contributed by atoms with Gasteiger partial charge >= 0.3 is 0 Å². The Morgan fingerprint density at radius 3 is 2.73 bits per heavy atom. The molecule has 1 atom stereocenters. The highest BCUT2D eigenvalue weighted by Gasteiger charge is 2.27. The zero-order chi connectivity index (χ0) is 17.9. The summed E-state index contributed by atoms with van der Waals surface area (Å²) in [5, 5.41) is 11.3. The van der Waals surface area contributed by atoms with Crippen LogP contribution in [0.4, 0.5) is 0 Å². The van der Waals surface area contributed by atoms with Gasteiger partial charge in [0.15, 0.2) is 0 Å². The van der Waals surface area contributed by atoms with Crippen LogP contribution in [0.3, 0.4) is 0 Å². The Labute approximate surface area is 150 Å². The van der Waals surface area contributed by atoms with Gasteiger partial charge < -0.3 is 4.90 Å². The van der Waals surface area contributed by atoms with E-state index in [0.29, 0.717) is 18.8 Å². The predicted molar refractivity (Wildman–Crippen MR) is 96.3 cm³/mol. The van der Waals surface area contributed by atoms with Crippen molar-refractivity contribution in [3.8, 4) is 5.69 Å². The van der Waals surface area contributed by atoms with Crippen LogP contribution >= 0.6 is 0 Å². The second-order valence-corrected chi connectivity index (χ2v) is 6.41. The molecule has 7 heteroatoms. The molecule has 3 aromatic rings. The van der Waals surface area contributed by atoms with E-state index in [0.717, 1.165) is 18.5 Å². The molecular weight excluding hydrogens is 330 g/mol. The summed E-state index contributed by atoms with van der Waals surface area (Å²) in [6.07, 6.45) is 3.67. The summed E-state index contributed by atoms with van der Waals surface area (Å²) in [6, 6.07) is 14.0. The van der Waals surface area contributed by atoms with E-state index in [1.807, 2.05) is 24.3 Å². The number of hydrogen-bond donors (Lipinski definition) is 1. The van der Waals surface area contributed by atoms with Gasteiger partial charge in [-0.25, -0.2) is 0 Å². The molecule has 0 unspecified atom stereocenters. The van der Waals surface area contributed by atoms with Gasteiger partial charge in [0.2, 0.25) is 0 Å². The molecule has 4 rings (SSSR count). The van der Waals surface area contributed by atoms with Gasteiger partial charge in [-0.15, -0.1) is 0 Å². The Kier molecular flexibility index (Phi) is 4.35. The SMILES string of the molecule is O=C(c1ccc(=O)n(-c2ccccc2)n1)N1CCC[C@@H](c2ccn[nH]2)C1. The highest BCUT2D eigenvalue weighted by molar-refractivity contribution is 5.92. The smallest absolute Gasteiger partial charge is 0.274 e. The summed E-state index contributed by atoms with van der Waals surface area (Å²) >= 11 is 0. The van der Waals surface area contributed by atoms with Crippen LogP contribution in [-0.2, 0) is 0 Å². The molecule has 1 N–H and O–H groups in total. The number of benzene rings is 1. The van der Waals surface area contributed by atoms with Gasteiger partial charge in [-0.3, -0.25) is 14.7 Å². The first-order valence-corrected chi connectivity index (χ1v) is 8.67. The van der Waals surface area contributed by atoms with Crippen molar-refractivity contribution in [1.82, 2.24) is 24.9 Å². The topological polar surface area (TPSA) is 83.9 Å². The minimum atomic E-state index is -0.262. The Bertz CT molecular complexity index is 950. The molecule has 0 bridgehead atoms. The highest BCUT2D eigenvalue weighted by atomic mass is 16.2. The number of para-hydroxylation sites is 1. The summed E-state index contributed by atoms with van der Waals surface area (Å²) in [7, 11) is 0. The van der Waals surface area contributed by atoms with Crippen LogP contribution in [-0.4, -0.2) is 43.9 Å². The molecule has 0 aliphatic carbocycles. The van der Waals surface area contributed by atoms with E-state index in [1.54, 1.807) is 23.2 Å². The van der Waals surface area contributed by atoms with E-state index in [9.17, 15) is 9.59 Å². The fourth-order valence-corrected chi connectivity index (χ4v) is 3.35. The van der Waals surface area contributed by atoms with E-state index in [1.165, 1.54) is 16.8 Å².